The maximum Gasteiger partial charge on any atom is 0.416 e. The topological polar surface area (TPSA) is 38.3 Å². The number of carbonyl (C=O) groups excluding carboxylic acids is 1. The van der Waals surface area contributed by atoms with Crippen LogP contribution in [0.4, 0.5) is 13.2 Å². The van der Waals surface area contributed by atoms with Crippen LogP contribution in [0.5, 0.6) is 5.75 Å². The molecule has 0 heterocycles. The Morgan fingerprint density at radius 3 is 2.48 bits per heavy atom. The Balaban J connectivity index is 1.62. The molecule has 3 nitrogen and oxygen atoms in total. The number of benzene rings is 3. The monoisotopic (exact) mass is 419 g/mol. The van der Waals surface area contributed by atoms with Crippen molar-refractivity contribution >= 4 is 17.5 Å². The Labute approximate surface area is 171 Å². The van der Waals surface area contributed by atoms with Crippen molar-refractivity contribution in [1.82, 2.24) is 5.32 Å². The number of hydrogen-bond acceptors (Lipinski definition) is 2. The molecule has 1 N–H and O–H groups in total. The van der Waals surface area contributed by atoms with Gasteiger partial charge in [0.1, 0.15) is 12.4 Å². The maximum atomic E-state index is 12.8. The van der Waals surface area contributed by atoms with Crippen LogP contribution in [0.25, 0.3) is 0 Å². The van der Waals surface area contributed by atoms with Gasteiger partial charge in [-0.1, -0.05) is 48.0 Å². The summed E-state index contributed by atoms with van der Waals surface area (Å²) in [6.07, 6.45) is -4.42. The van der Waals surface area contributed by atoms with Crippen LogP contribution in [0.3, 0.4) is 0 Å². The zero-order chi connectivity index (χ0) is 20.9. The van der Waals surface area contributed by atoms with E-state index in [-0.39, 0.29) is 13.2 Å². The second-order valence-electron chi connectivity index (χ2n) is 6.29. The Hall–Kier alpha value is -2.99. The number of halogens is 4. The summed E-state index contributed by atoms with van der Waals surface area (Å²) in [6.45, 7) is 0.225. The van der Waals surface area contributed by atoms with E-state index >= 15 is 0 Å². The first-order valence-electron chi connectivity index (χ1n) is 8.73. The summed E-state index contributed by atoms with van der Waals surface area (Å²) in [5.74, 6) is 0.0715. The van der Waals surface area contributed by atoms with Gasteiger partial charge in [-0.25, -0.2) is 0 Å². The lowest BCUT2D eigenvalue weighted by Crippen LogP contribution is -2.23. The van der Waals surface area contributed by atoms with Gasteiger partial charge in [-0.15, -0.1) is 0 Å². The molecule has 0 saturated heterocycles. The molecule has 3 aromatic rings. The maximum absolute atomic E-state index is 12.8. The Bertz CT molecular complexity index is 1010. The third-order valence-corrected chi connectivity index (χ3v) is 4.52. The second-order valence-corrected chi connectivity index (χ2v) is 6.70. The van der Waals surface area contributed by atoms with Gasteiger partial charge in [0.15, 0.2) is 0 Å². The van der Waals surface area contributed by atoms with Gasteiger partial charge in [-0.3, -0.25) is 4.79 Å². The van der Waals surface area contributed by atoms with E-state index in [1.54, 1.807) is 30.3 Å². The van der Waals surface area contributed by atoms with Crippen molar-refractivity contribution in [3.8, 4) is 5.75 Å². The standard InChI is InChI=1S/C22H17ClF3NO2/c23-20-10-2-1-6-17(20)14-29-19-9-4-7-16(12-19)21(28)27-13-15-5-3-8-18(11-15)22(24,25)26/h1-12H,13-14H2,(H,27,28). The van der Waals surface area contributed by atoms with Crippen molar-refractivity contribution in [2.45, 2.75) is 19.3 Å². The van der Waals surface area contributed by atoms with E-state index in [9.17, 15) is 18.0 Å². The Morgan fingerprint density at radius 2 is 1.72 bits per heavy atom. The second kappa shape index (κ2) is 9.01. The number of ether oxygens (including phenoxy) is 1. The summed E-state index contributed by atoms with van der Waals surface area (Å²) in [7, 11) is 0. The molecule has 0 aromatic heterocycles. The summed E-state index contributed by atoms with van der Waals surface area (Å²) in [5, 5.41) is 3.21. The molecule has 1 amide bonds. The normalized spacial score (nSPS) is 11.2. The average molecular weight is 420 g/mol. The zero-order valence-corrected chi connectivity index (χ0v) is 15.9. The van der Waals surface area contributed by atoms with Crippen LogP contribution >= 0.6 is 11.6 Å². The fourth-order valence-electron chi connectivity index (χ4n) is 2.65. The van der Waals surface area contributed by atoms with Crippen molar-refractivity contribution in [1.29, 1.82) is 0 Å². The molecule has 0 spiro atoms. The first kappa shape index (κ1) is 20.7. The van der Waals surface area contributed by atoms with Gasteiger partial charge in [-0.2, -0.15) is 13.2 Å². The molecule has 0 radical (unpaired) electrons. The van der Waals surface area contributed by atoms with Crippen LogP contribution in [-0.2, 0) is 19.3 Å². The smallest absolute Gasteiger partial charge is 0.416 e. The van der Waals surface area contributed by atoms with Crippen molar-refractivity contribution in [2.24, 2.45) is 0 Å². The predicted octanol–water partition coefficient (Wildman–Crippen LogP) is 5.87. The van der Waals surface area contributed by atoms with Gasteiger partial charge >= 0.3 is 6.18 Å². The number of amides is 1. The van der Waals surface area contributed by atoms with Crippen molar-refractivity contribution in [3.05, 3.63) is 100 Å². The van der Waals surface area contributed by atoms with Gasteiger partial charge in [-0.05, 0) is 42.0 Å². The molecule has 0 aliphatic rings. The molecular weight excluding hydrogens is 403 g/mol. The fraction of sp³-hybridized carbons (Fsp3) is 0.136. The lowest BCUT2D eigenvalue weighted by atomic mass is 10.1. The largest absolute Gasteiger partial charge is 0.489 e. The molecule has 0 aliphatic heterocycles. The first-order chi connectivity index (χ1) is 13.8. The van der Waals surface area contributed by atoms with Crippen LogP contribution in [-0.4, -0.2) is 5.91 Å². The van der Waals surface area contributed by atoms with E-state index in [0.29, 0.717) is 21.9 Å². The fourth-order valence-corrected chi connectivity index (χ4v) is 2.84. The molecule has 0 aliphatic carbocycles. The summed E-state index contributed by atoms with van der Waals surface area (Å²) >= 11 is 6.10. The zero-order valence-electron chi connectivity index (χ0n) is 15.2. The van der Waals surface area contributed by atoms with Crippen LogP contribution < -0.4 is 10.1 Å². The highest BCUT2D eigenvalue weighted by molar-refractivity contribution is 6.31. The summed E-state index contributed by atoms with van der Waals surface area (Å²) < 4.78 is 44.1. The lowest BCUT2D eigenvalue weighted by Gasteiger charge is -2.11. The Morgan fingerprint density at radius 1 is 0.966 bits per heavy atom. The van der Waals surface area contributed by atoms with Crippen LogP contribution in [0.2, 0.25) is 5.02 Å². The van der Waals surface area contributed by atoms with E-state index in [1.807, 2.05) is 18.2 Å². The van der Waals surface area contributed by atoms with Crippen LogP contribution in [0, 0.1) is 0 Å². The highest BCUT2D eigenvalue weighted by atomic mass is 35.5. The molecule has 0 saturated carbocycles. The average Bonchev–Trinajstić information content (AvgIpc) is 2.71. The number of nitrogens with one attached hydrogen (secondary N) is 1. The van der Waals surface area contributed by atoms with Crippen LogP contribution in [0.15, 0.2) is 72.8 Å². The number of hydrogen-bond donors (Lipinski definition) is 1. The highest BCUT2D eigenvalue weighted by Gasteiger charge is 2.30. The van der Waals surface area contributed by atoms with Gasteiger partial charge in [0.2, 0.25) is 0 Å². The van der Waals surface area contributed by atoms with E-state index in [2.05, 4.69) is 5.32 Å². The minimum absolute atomic E-state index is 0.0204. The SMILES string of the molecule is O=C(NCc1cccc(C(F)(F)F)c1)c1cccc(OCc2ccccc2Cl)c1. The molecule has 3 aromatic carbocycles. The minimum Gasteiger partial charge on any atom is -0.489 e. The summed E-state index contributed by atoms with van der Waals surface area (Å²) in [5.41, 5.74) is 0.765. The molecule has 0 unspecified atom stereocenters. The molecule has 3 rings (SSSR count). The van der Waals surface area contributed by atoms with E-state index in [0.717, 1.165) is 17.7 Å². The molecule has 0 fully saturated rings. The molecule has 150 valence electrons. The van der Waals surface area contributed by atoms with Crippen molar-refractivity contribution in [2.75, 3.05) is 0 Å². The minimum atomic E-state index is -4.42. The molecule has 0 atom stereocenters. The third-order valence-electron chi connectivity index (χ3n) is 4.16. The Kier molecular flexibility index (Phi) is 6.44. The molecule has 7 heteroatoms. The van der Waals surface area contributed by atoms with Gasteiger partial charge in [0, 0.05) is 22.7 Å². The first-order valence-corrected chi connectivity index (χ1v) is 9.11. The van der Waals surface area contributed by atoms with E-state index in [4.69, 9.17) is 16.3 Å². The van der Waals surface area contributed by atoms with Gasteiger partial charge < -0.3 is 10.1 Å². The quantitative estimate of drug-likeness (QED) is 0.542. The number of alkyl halides is 3. The lowest BCUT2D eigenvalue weighted by molar-refractivity contribution is -0.137. The number of carbonyl (C=O) groups is 1. The molecule has 29 heavy (non-hydrogen) atoms. The number of rotatable bonds is 6. The third kappa shape index (κ3) is 5.74. The van der Waals surface area contributed by atoms with E-state index < -0.39 is 17.6 Å². The highest BCUT2D eigenvalue weighted by Crippen LogP contribution is 2.29. The van der Waals surface area contributed by atoms with Gasteiger partial charge in [0.05, 0.1) is 5.56 Å². The van der Waals surface area contributed by atoms with Gasteiger partial charge in [0.25, 0.3) is 5.91 Å². The van der Waals surface area contributed by atoms with E-state index in [1.165, 1.54) is 12.1 Å². The predicted molar refractivity (Wildman–Crippen MR) is 105 cm³/mol. The van der Waals surface area contributed by atoms with Crippen molar-refractivity contribution in [3.63, 3.8) is 0 Å². The summed E-state index contributed by atoms with van der Waals surface area (Å²) in [6, 6.07) is 18.7. The van der Waals surface area contributed by atoms with Crippen molar-refractivity contribution < 1.29 is 22.7 Å². The summed E-state index contributed by atoms with van der Waals surface area (Å²) in [4.78, 5) is 12.4. The molecular formula is C22H17ClF3NO2. The van der Waals surface area contributed by atoms with Crippen LogP contribution in [0.1, 0.15) is 27.0 Å². The molecule has 0 bridgehead atoms.